The molecule has 4 aliphatic rings. The molecule has 0 bridgehead atoms. The number of cyclic esters (lactones) is 1. The summed E-state index contributed by atoms with van der Waals surface area (Å²) in [5.41, 5.74) is 1.17. The number of carbonyl (C=O) groups excluding carboxylic acids is 8. The summed E-state index contributed by atoms with van der Waals surface area (Å²) in [5.74, 6) is -11.6. The van der Waals surface area contributed by atoms with E-state index in [1.807, 2.05) is 13.8 Å². The number of rotatable bonds is 13. The van der Waals surface area contributed by atoms with Gasteiger partial charge in [0.15, 0.2) is 23.5 Å². The van der Waals surface area contributed by atoms with Gasteiger partial charge in [-0.3, -0.25) is 43.8 Å². The number of piperidine rings is 1. The second-order valence-electron chi connectivity index (χ2n) is 20.2. The van der Waals surface area contributed by atoms with Gasteiger partial charge in [-0.2, -0.15) is 0 Å². The lowest BCUT2D eigenvalue weighted by atomic mass is 9.78. The zero-order valence-corrected chi connectivity index (χ0v) is 44.1. The molecule has 0 aromatic heterocycles. The van der Waals surface area contributed by atoms with Crippen molar-refractivity contribution in [2.24, 2.45) is 17.8 Å². The number of hydroxylamine groups is 2. The van der Waals surface area contributed by atoms with E-state index in [1.54, 1.807) is 46.8 Å². The van der Waals surface area contributed by atoms with Crippen LogP contribution >= 0.6 is 0 Å². The Morgan fingerprint density at radius 1 is 0.972 bits per heavy atom. The number of hydrogen-bond acceptors (Lipinski definition) is 16. The molecule has 0 spiro atoms. The minimum absolute atomic E-state index is 0.0854. The van der Waals surface area contributed by atoms with Gasteiger partial charge >= 0.3 is 5.97 Å². The number of likely N-dealkylation sites (N-methyl/N-ethyl adjacent to an activating group) is 1. The van der Waals surface area contributed by atoms with Crippen LogP contribution in [0.4, 0.5) is 0 Å². The molecule has 4 aliphatic heterocycles. The van der Waals surface area contributed by atoms with E-state index in [9.17, 15) is 54.1 Å². The first-order valence-electron chi connectivity index (χ1n) is 25.4. The number of aliphatic hydroxyl groups excluding tert-OH is 1. The number of esters is 1. The lowest BCUT2D eigenvalue weighted by Crippen LogP contribution is -2.71. The highest BCUT2D eigenvalue weighted by molar-refractivity contribution is 5.99. The fraction of sp³-hybridized carbons (Fsp3) is 0.760. The van der Waals surface area contributed by atoms with Crippen LogP contribution in [-0.4, -0.2) is 187 Å². The van der Waals surface area contributed by atoms with Gasteiger partial charge in [0.05, 0.1) is 18.8 Å². The number of aliphatic hydroxyl groups is 3. The number of hydrazine groups is 1. The maximum atomic E-state index is 15.3. The van der Waals surface area contributed by atoms with E-state index >= 15 is 4.79 Å². The number of fused-ring (bicyclic) bond motifs is 2. The Kier molecular flexibility index (Phi) is 21.1. The molecule has 0 aliphatic carbocycles. The van der Waals surface area contributed by atoms with E-state index in [0.717, 1.165) is 9.91 Å². The Morgan fingerprint density at radius 2 is 1.62 bits per heavy atom. The van der Waals surface area contributed by atoms with Crippen molar-refractivity contribution in [3.8, 4) is 0 Å². The summed E-state index contributed by atoms with van der Waals surface area (Å²) < 4.78 is 17.6. The first-order valence-corrected chi connectivity index (χ1v) is 25.4. The monoisotopic (exact) mass is 1020 g/mol. The van der Waals surface area contributed by atoms with Gasteiger partial charge in [0.1, 0.15) is 30.3 Å². The van der Waals surface area contributed by atoms with Crippen LogP contribution in [0.25, 0.3) is 0 Å². The Hall–Kier alpha value is -4.84. The number of hydrogen-bond donors (Lipinski definition) is 7. The van der Waals surface area contributed by atoms with E-state index < -0.39 is 132 Å². The summed E-state index contributed by atoms with van der Waals surface area (Å²) in [7, 11) is 2.51. The second kappa shape index (κ2) is 25.4. The van der Waals surface area contributed by atoms with Gasteiger partial charge < -0.3 is 50.0 Å². The fourth-order valence-corrected chi connectivity index (χ4v) is 9.97. The Balaban J connectivity index is 1.88. The highest BCUT2D eigenvalue weighted by atomic mass is 16.7. The molecular formula is C50H81N7O15. The average Bonchev–Trinajstić information content (AvgIpc) is 3.37. The number of amides is 6. The minimum atomic E-state index is -2.81. The molecule has 72 heavy (non-hydrogen) atoms. The van der Waals surface area contributed by atoms with Crippen molar-refractivity contribution in [3.63, 3.8) is 0 Å². The Labute approximate surface area is 423 Å². The predicted octanol–water partition coefficient (Wildman–Crippen LogP) is 1.03. The van der Waals surface area contributed by atoms with Gasteiger partial charge in [-0.05, 0) is 109 Å². The highest BCUT2D eigenvalue weighted by Gasteiger charge is 2.59. The van der Waals surface area contributed by atoms with Crippen molar-refractivity contribution >= 4 is 47.2 Å². The molecule has 4 saturated heterocycles. The molecule has 0 radical (unpaired) electrons. The number of allylic oxidation sites excluding steroid dienone is 3. The molecule has 4 rings (SSSR count). The molecular weight excluding hydrogens is 939 g/mol. The smallest absolute Gasteiger partial charge is 0.331 e. The molecule has 6 amide bonds. The second-order valence-corrected chi connectivity index (χ2v) is 20.2. The van der Waals surface area contributed by atoms with Crippen LogP contribution in [-0.2, 0) is 52.6 Å². The van der Waals surface area contributed by atoms with Crippen LogP contribution < -0.4 is 16.1 Å². The van der Waals surface area contributed by atoms with E-state index in [4.69, 9.17) is 14.2 Å². The zero-order chi connectivity index (χ0) is 54.2. The number of Topliss-reactive ketones (excluding diaryl/α,β-unsaturated/α-hetero) is 1. The first kappa shape index (κ1) is 59.7. The molecule has 22 nitrogen and oxygen atoms in total. The maximum absolute atomic E-state index is 15.3. The average molecular weight is 1020 g/mol. The van der Waals surface area contributed by atoms with Crippen LogP contribution in [0.3, 0.4) is 0 Å². The number of nitrogens with zero attached hydrogens (tertiary/aromatic N) is 4. The molecule has 4 heterocycles. The lowest BCUT2D eigenvalue weighted by molar-refractivity contribution is -0.325. The first-order chi connectivity index (χ1) is 33.8. The number of ether oxygens (including phenoxy) is 3. The molecule has 0 aromatic rings. The largest absolute Gasteiger partial charge is 0.458 e. The lowest BCUT2D eigenvalue weighted by Gasteiger charge is -2.49. The van der Waals surface area contributed by atoms with Crippen molar-refractivity contribution in [1.29, 1.82) is 0 Å². The van der Waals surface area contributed by atoms with Gasteiger partial charge in [-0.15, -0.1) is 0 Å². The van der Waals surface area contributed by atoms with Crippen LogP contribution in [0, 0.1) is 17.8 Å². The summed E-state index contributed by atoms with van der Waals surface area (Å²) in [6.45, 7) is 15.7. The number of nitrogens with one attached hydrogen (secondary N) is 3. The van der Waals surface area contributed by atoms with Crippen LogP contribution in [0.2, 0.25) is 0 Å². The zero-order valence-electron chi connectivity index (χ0n) is 44.1. The van der Waals surface area contributed by atoms with E-state index in [2.05, 4.69) is 16.1 Å². The number of methoxy groups -OCH3 is 1. The molecule has 22 heteroatoms. The highest BCUT2D eigenvalue weighted by Crippen LogP contribution is 2.42. The molecule has 0 saturated carbocycles. The van der Waals surface area contributed by atoms with Crippen LogP contribution in [0.15, 0.2) is 23.3 Å². The Bertz CT molecular complexity index is 2070. The van der Waals surface area contributed by atoms with Crippen molar-refractivity contribution in [3.05, 3.63) is 23.3 Å². The van der Waals surface area contributed by atoms with Crippen molar-refractivity contribution < 1.29 is 73.1 Å². The van der Waals surface area contributed by atoms with Crippen molar-refractivity contribution in [2.75, 3.05) is 33.9 Å². The standard InChI is InChI=1S/C50H81N7O15/c1-13-28(6)39(59)33(14-2)25-30(8)41-29(7)21-22-50(68,72-41)49(67,15-3)48(66)53-38-40(27(4)5)71-47(65)37(32(10)58)52-42(60)34-19-16-17-24-55(34)43(61)31(9)54(11)44(62)36(26-70-12)57(69)45(63)35-20-18-23-51-56(35)46(38)64/h13,25,27,29,31-38,40-41,51,58,67-69H,14-24,26H2,1-12H3,(H,52,60)(H,53,66)/b28-13+,30-25+/t29-,31+,32-,33-,34-,35-,36-,37+,38-,40-,41-,49+,50+/m0/s1. The van der Waals surface area contributed by atoms with Gasteiger partial charge in [0.25, 0.3) is 23.6 Å². The summed E-state index contributed by atoms with van der Waals surface area (Å²) in [4.78, 5) is 117. The van der Waals surface area contributed by atoms with Crippen molar-refractivity contribution in [1.82, 2.24) is 35.9 Å². The van der Waals surface area contributed by atoms with E-state index in [1.165, 1.54) is 39.8 Å². The summed E-state index contributed by atoms with van der Waals surface area (Å²) >= 11 is 0. The van der Waals surface area contributed by atoms with Gasteiger partial charge in [-0.1, -0.05) is 46.8 Å². The van der Waals surface area contributed by atoms with Crippen LogP contribution in [0.5, 0.6) is 0 Å². The third-order valence-corrected chi connectivity index (χ3v) is 14.9. The maximum Gasteiger partial charge on any atom is 0.331 e. The Morgan fingerprint density at radius 3 is 2.21 bits per heavy atom. The predicted molar refractivity (Wildman–Crippen MR) is 259 cm³/mol. The van der Waals surface area contributed by atoms with Gasteiger partial charge in [0, 0.05) is 39.6 Å². The van der Waals surface area contributed by atoms with E-state index in [-0.39, 0.29) is 62.0 Å². The molecule has 4 fully saturated rings. The molecule has 0 aromatic carbocycles. The SMILES string of the molecule is C/C=C(\C)C(=O)[C@H](/C=C(\C)[C@H]1O[C@@](O)([C@@](O)(CC)C(=O)N[C@@H]2C(=O)N3NCCC[C@H]3C(=O)N(O)[C@@H](COC)C(=O)N(C)[C@H](C)C(=O)N3CCCC[C@H]3C(=O)N[C@H]([C@H](C)O)C(=O)O[C@H]2C(C)C)CC[C@@H]1C)CC. The topological polar surface area (TPSA) is 294 Å². The quantitative estimate of drug-likeness (QED) is 0.0587. The normalized spacial score (nSPS) is 32.1. The van der Waals surface area contributed by atoms with Gasteiger partial charge in [0.2, 0.25) is 17.6 Å². The third kappa shape index (κ3) is 12.7. The fourth-order valence-electron chi connectivity index (χ4n) is 9.97. The van der Waals surface area contributed by atoms with Crippen molar-refractivity contribution in [2.45, 2.75) is 193 Å². The summed E-state index contributed by atoms with van der Waals surface area (Å²) in [6, 6.07) is -9.55. The number of ketones is 1. The molecule has 13 atom stereocenters. The van der Waals surface area contributed by atoms with Gasteiger partial charge in [-0.25, -0.2) is 15.3 Å². The number of carbonyl (C=O) groups is 8. The molecule has 406 valence electrons. The summed E-state index contributed by atoms with van der Waals surface area (Å²) in [5, 5.41) is 53.6. The minimum Gasteiger partial charge on any atom is -0.458 e. The third-order valence-electron chi connectivity index (χ3n) is 14.9. The van der Waals surface area contributed by atoms with Crippen LogP contribution in [0.1, 0.15) is 127 Å². The molecule has 7 N–H and O–H groups in total. The summed E-state index contributed by atoms with van der Waals surface area (Å²) in [6.07, 6.45) is 0.583. The molecule has 0 unspecified atom stereocenters. The van der Waals surface area contributed by atoms with E-state index in [0.29, 0.717) is 30.4 Å².